The van der Waals surface area contributed by atoms with Crippen LogP contribution in [-0.4, -0.2) is 26.4 Å². The molecule has 0 saturated carbocycles. The summed E-state index contributed by atoms with van der Waals surface area (Å²) < 4.78 is 7.78. The number of aromatic nitrogens is 3. The van der Waals surface area contributed by atoms with Crippen LogP contribution in [0.1, 0.15) is 28.1 Å². The first-order valence-electron chi connectivity index (χ1n) is 9.41. The van der Waals surface area contributed by atoms with Crippen LogP contribution in [0.15, 0.2) is 41.6 Å². The molecule has 0 fully saturated rings. The van der Waals surface area contributed by atoms with Gasteiger partial charge in [-0.3, -0.25) is 4.79 Å². The Balaban J connectivity index is 1.57. The molecule has 0 aliphatic rings. The maximum absolute atomic E-state index is 12.3. The second-order valence-corrected chi connectivity index (χ2v) is 8.11. The number of nitrogens with one attached hydrogen (secondary N) is 1. The van der Waals surface area contributed by atoms with E-state index in [2.05, 4.69) is 21.6 Å². The van der Waals surface area contributed by atoms with E-state index in [1.165, 1.54) is 11.8 Å². The van der Waals surface area contributed by atoms with Crippen molar-refractivity contribution in [3.8, 4) is 5.75 Å². The van der Waals surface area contributed by atoms with Crippen molar-refractivity contribution >= 4 is 23.4 Å². The van der Waals surface area contributed by atoms with E-state index >= 15 is 0 Å². The summed E-state index contributed by atoms with van der Waals surface area (Å²) in [5, 5.41) is 12.0. The number of anilines is 1. The molecule has 29 heavy (non-hydrogen) atoms. The van der Waals surface area contributed by atoms with Gasteiger partial charge < -0.3 is 14.6 Å². The Morgan fingerprint density at radius 1 is 1.03 bits per heavy atom. The summed E-state index contributed by atoms with van der Waals surface area (Å²) in [6.07, 6.45) is 0. The number of aryl methyl sites for hydroxylation is 4. The second kappa shape index (κ2) is 9.13. The van der Waals surface area contributed by atoms with Gasteiger partial charge in [0.05, 0.1) is 5.75 Å². The Morgan fingerprint density at radius 2 is 1.72 bits per heavy atom. The summed E-state index contributed by atoms with van der Waals surface area (Å²) >= 11 is 1.35. The molecular weight excluding hydrogens is 384 g/mol. The molecular formula is C22H26N4O2S. The van der Waals surface area contributed by atoms with Crippen molar-refractivity contribution in [2.24, 2.45) is 7.05 Å². The highest BCUT2D eigenvalue weighted by Crippen LogP contribution is 2.22. The van der Waals surface area contributed by atoms with Gasteiger partial charge in [0, 0.05) is 12.7 Å². The lowest BCUT2D eigenvalue weighted by atomic mass is 10.1. The molecule has 0 atom stereocenters. The number of carbonyl (C=O) groups is 1. The van der Waals surface area contributed by atoms with Crippen LogP contribution in [0.5, 0.6) is 5.75 Å². The number of rotatable bonds is 7. The van der Waals surface area contributed by atoms with Gasteiger partial charge in [-0.05, 0) is 62.1 Å². The number of ether oxygens (including phenoxy) is 1. The molecule has 6 nitrogen and oxygen atoms in total. The van der Waals surface area contributed by atoms with E-state index in [0.29, 0.717) is 17.6 Å². The van der Waals surface area contributed by atoms with E-state index < -0.39 is 0 Å². The third-order valence-electron chi connectivity index (χ3n) is 4.63. The van der Waals surface area contributed by atoms with Gasteiger partial charge in [0.15, 0.2) is 11.0 Å². The fourth-order valence-corrected chi connectivity index (χ4v) is 3.52. The number of carbonyl (C=O) groups excluding carboxylic acids is 1. The summed E-state index contributed by atoms with van der Waals surface area (Å²) in [6, 6.07) is 12.1. The highest BCUT2D eigenvalue weighted by molar-refractivity contribution is 7.99. The second-order valence-electron chi connectivity index (χ2n) is 7.17. The predicted octanol–water partition coefficient (Wildman–Crippen LogP) is 4.36. The Bertz CT molecular complexity index is 1030. The number of hydrogen-bond donors (Lipinski definition) is 1. The van der Waals surface area contributed by atoms with Gasteiger partial charge in [-0.2, -0.15) is 0 Å². The molecule has 0 saturated heterocycles. The van der Waals surface area contributed by atoms with Crippen LogP contribution < -0.4 is 10.1 Å². The van der Waals surface area contributed by atoms with Gasteiger partial charge in [-0.1, -0.05) is 36.0 Å². The van der Waals surface area contributed by atoms with Crippen LogP contribution in [0, 0.1) is 27.7 Å². The first-order valence-corrected chi connectivity index (χ1v) is 10.4. The minimum absolute atomic E-state index is 0.0696. The minimum atomic E-state index is -0.0696. The van der Waals surface area contributed by atoms with E-state index in [-0.39, 0.29) is 11.7 Å². The fourth-order valence-electron chi connectivity index (χ4n) is 2.79. The lowest BCUT2D eigenvalue weighted by molar-refractivity contribution is -0.113. The molecule has 0 unspecified atom stereocenters. The summed E-state index contributed by atoms with van der Waals surface area (Å²) in [5.74, 6) is 1.75. The molecule has 1 heterocycles. The third kappa shape index (κ3) is 5.38. The van der Waals surface area contributed by atoms with Crippen molar-refractivity contribution in [3.63, 3.8) is 0 Å². The van der Waals surface area contributed by atoms with E-state index in [1.54, 1.807) is 0 Å². The zero-order valence-corrected chi connectivity index (χ0v) is 18.3. The molecule has 0 aliphatic heterocycles. The smallest absolute Gasteiger partial charge is 0.234 e. The molecule has 2 aromatic carbocycles. The summed E-state index contributed by atoms with van der Waals surface area (Å²) in [4.78, 5) is 12.3. The average Bonchev–Trinajstić information content (AvgIpc) is 3.03. The van der Waals surface area contributed by atoms with E-state index in [1.807, 2.05) is 69.6 Å². The quantitative estimate of drug-likeness (QED) is 0.586. The van der Waals surface area contributed by atoms with Crippen LogP contribution in [0.25, 0.3) is 0 Å². The molecule has 3 aromatic rings. The average molecular weight is 411 g/mol. The summed E-state index contributed by atoms with van der Waals surface area (Å²) in [7, 11) is 1.88. The molecule has 0 radical (unpaired) electrons. The topological polar surface area (TPSA) is 69.0 Å². The molecule has 152 valence electrons. The largest absolute Gasteiger partial charge is 0.485 e. The first-order chi connectivity index (χ1) is 13.8. The minimum Gasteiger partial charge on any atom is -0.485 e. The standard InChI is InChI=1S/C22H26N4O2S/c1-14-6-8-16(3)18(10-14)23-21(27)13-29-22-25-24-20(26(22)5)12-28-19-11-15(2)7-9-17(19)4/h6-11H,12-13H2,1-5H3,(H,23,27). The number of amides is 1. The Morgan fingerprint density at radius 3 is 2.48 bits per heavy atom. The number of thioether (sulfide) groups is 1. The lowest BCUT2D eigenvalue weighted by Crippen LogP contribution is -2.15. The van der Waals surface area contributed by atoms with Crippen molar-refractivity contribution in [2.45, 2.75) is 39.5 Å². The first kappa shape index (κ1) is 20.9. The highest BCUT2D eigenvalue weighted by atomic mass is 32.2. The van der Waals surface area contributed by atoms with Gasteiger partial charge in [-0.15, -0.1) is 10.2 Å². The van der Waals surface area contributed by atoms with Crippen LogP contribution in [-0.2, 0) is 18.4 Å². The van der Waals surface area contributed by atoms with Crippen LogP contribution in [0.3, 0.4) is 0 Å². The van der Waals surface area contributed by atoms with Gasteiger partial charge in [0.2, 0.25) is 5.91 Å². The number of benzene rings is 2. The van der Waals surface area contributed by atoms with Crippen molar-refractivity contribution in [2.75, 3.05) is 11.1 Å². The molecule has 3 rings (SSSR count). The maximum atomic E-state index is 12.3. The van der Waals surface area contributed by atoms with Gasteiger partial charge in [0.25, 0.3) is 0 Å². The Kier molecular flexibility index (Phi) is 6.59. The molecule has 0 bridgehead atoms. The lowest BCUT2D eigenvalue weighted by Gasteiger charge is -2.10. The number of hydrogen-bond acceptors (Lipinski definition) is 5. The number of nitrogens with zero attached hydrogens (tertiary/aromatic N) is 3. The normalized spacial score (nSPS) is 10.8. The fraction of sp³-hybridized carbons (Fsp3) is 0.318. The van der Waals surface area contributed by atoms with Crippen molar-refractivity contribution in [1.29, 1.82) is 0 Å². The zero-order valence-electron chi connectivity index (χ0n) is 17.4. The van der Waals surface area contributed by atoms with Gasteiger partial charge >= 0.3 is 0 Å². The third-order valence-corrected chi connectivity index (χ3v) is 5.65. The summed E-state index contributed by atoms with van der Waals surface area (Å²) in [5.41, 5.74) is 5.22. The molecule has 0 spiro atoms. The molecule has 1 aromatic heterocycles. The zero-order chi connectivity index (χ0) is 21.0. The van der Waals surface area contributed by atoms with E-state index in [4.69, 9.17) is 4.74 Å². The Labute approximate surface area is 175 Å². The van der Waals surface area contributed by atoms with Crippen LogP contribution >= 0.6 is 11.8 Å². The van der Waals surface area contributed by atoms with E-state index in [0.717, 1.165) is 33.7 Å². The van der Waals surface area contributed by atoms with E-state index in [9.17, 15) is 4.79 Å². The molecule has 1 N–H and O–H groups in total. The van der Waals surface area contributed by atoms with Gasteiger partial charge in [0.1, 0.15) is 12.4 Å². The van der Waals surface area contributed by atoms with Crippen LogP contribution in [0.4, 0.5) is 5.69 Å². The van der Waals surface area contributed by atoms with Crippen molar-refractivity contribution in [3.05, 3.63) is 64.5 Å². The molecule has 7 heteroatoms. The van der Waals surface area contributed by atoms with Crippen molar-refractivity contribution in [1.82, 2.24) is 14.8 Å². The Hall–Kier alpha value is -2.80. The van der Waals surface area contributed by atoms with Gasteiger partial charge in [-0.25, -0.2) is 0 Å². The monoisotopic (exact) mass is 410 g/mol. The molecule has 1 amide bonds. The van der Waals surface area contributed by atoms with Crippen LogP contribution in [0.2, 0.25) is 0 Å². The van der Waals surface area contributed by atoms with Crippen molar-refractivity contribution < 1.29 is 9.53 Å². The molecule has 0 aliphatic carbocycles. The maximum Gasteiger partial charge on any atom is 0.234 e. The highest BCUT2D eigenvalue weighted by Gasteiger charge is 2.13. The summed E-state index contributed by atoms with van der Waals surface area (Å²) in [6.45, 7) is 8.36. The SMILES string of the molecule is Cc1ccc(C)c(NC(=O)CSc2nnc(COc3cc(C)ccc3C)n2C)c1. The predicted molar refractivity (Wildman–Crippen MR) is 117 cm³/mol.